The molecule has 3 rings (SSSR count). The average molecular weight is 355 g/mol. The molecule has 0 saturated carbocycles. The molecule has 0 unspecified atom stereocenters. The van der Waals surface area contributed by atoms with Gasteiger partial charge in [0.1, 0.15) is 0 Å². The van der Waals surface area contributed by atoms with E-state index in [1.54, 1.807) is 19.1 Å². The Morgan fingerprint density at radius 1 is 1.19 bits per heavy atom. The van der Waals surface area contributed by atoms with Gasteiger partial charge in [0, 0.05) is 6.07 Å². The number of nitro benzene ring substituents is 1. The van der Waals surface area contributed by atoms with Crippen LogP contribution in [0.5, 0.6) is 0 Å². The van der Waals surface area contributed by atoms with Crippen LogP contribution in [0, 0.1) is 10.1 Å². The third kappa shape index (κ3) is 2.55. The lowest BCUT2D eigenvalue weighted by molar-refractivity contribution is -0.385. The van der Waals surface area contributed by atoms with Gasteiger partial charge in [-0.05, 0) is 25.1 Å². The number of fused-ring (bicyclic) bond motifs is 1. The number of carbonyl (C=O) groups is 3. The van der Waals surface area contributed by atoms with E-state index in [2.05, 4.69) is 0 Å². The lowest BCUT2D eigenvalue weighted by Gasteiger charge is -2.16. The number of rotatable bonds is 4. The lowest BCUT2D eigenvalue weighted by Crippen LogP contribution is -2.29. The van der Waals surface area contributed by atoms with Crippen LogP contribution in [0.1, 0.15) is 38.0 Å². The zero-order valence-corrected chi connectivity index (χ0v) is 13.6. The average Bonchev–Trinajstić information content (AvgIpc) is 2.85. The minimum absolute atomic E-state index is 0.00951. The van der Waals surface area contributed by atoms with Crippen LogP contribution in [-0.4, -0.2) is 29.3 Å². The number of nitro groups is 1. The Hall–Kier alpha value is -3.75. The van der Waals surface area contributed by atoms with Crippen molar-refractivity contribution in [2.24, 2.45) is 0 Å². The van der Waals surface area contributed by atoms with E-state index in [-0.39, 0.29) is 29.1 Å². The van der Waals surface area contributed by atoms with Gasteiger partial charge in [-0.3, -0.25) is 19.7 Å². The topological polar surface area (TPSA) is 133 Å². The summed E-state index contributed by atoms with van der Waals surface area (Å²) in [6, 6.07) is 8.31. The summed E-state index contributed by atoms with van der Waals surface area (Å²) in [6.07, 6.45) is 0. The fraction of sp³-hybridized carbons (Fsp3) is 0.118. The summed E-state index contributed by atoms with van der Waals surface area (Å²) < 4.78 is 4.79. The summed E-state index contributed by atoms with van der Waals surface area (Å²) in [5.41, 5.74) is 4.76. The van der Waals surface area contributed by atoms with Crippen LogP contribution >= 0.6 is 0 Å². The van der Waals surface area contributed by atoms with Crippen molar-refractivity contribution in [1.29, 1.82) is 0 Å². The first-order valence-electron chi connectivity index (χ1n) is 7.59. The maximum absolute atomic E-state index is 12.5. The van der Waals surface area contributed by atoms with Crippen LogP contribution in [0.25, 0.3) is 0 Å². The highest BCUT2D eigenvalue weighted by molar-refractivity contribution is 6.34. The van der Waals surface area contributed by atoms with Gasteiger partial charge in [-0.15, -0.1) is 0 Å². The number of esters is 1. The second-order valence-corrected chi connectivity index (χ2v) is 5.40. The maximum Gasteiger partial charge on any atom is 0.347 e. The predicted octanol–water partition coefficient (Wildman–Crippen LogP) is 2.15. The number of ether oxygens (including phenoxy) is 1. The van der Waals surface area contributed by atoms with Gasteiger partial charge in [-0.2, -0.15) is 0 Å². The van der Waals surface area contributed by atoms with Crippen molar-refractivity contribution < 1.29 is 24.0 Å². The molecule has 1 aliphatic heterocycles. The van der Waals surface area contributed by atoms with Gasteiger partial charge in [0.05, 0.1) is 34.0 Å². The summed E-state index contributed by atoms with van der Waals surface area (Å²) in [7, 11) is 0. The molecule has 0 radical (unpaired) electrons. The van der Waals surface area contributed by atoms with E-state index in [4.69, 9.17) is 10.5 Å². The Balaban J connectivity index is 2.14. The van der Waals surface area contributed by atoms with E-state index in [1.165, 1.54) is 18.2 Å². The number of hydrogen-bond acceptors (Lipinski definition) is 7. The molecule has 0 aromatic heterocycles. The van der Waals surface area contributed by atoms with Gasteiger partial charge < -0.3 is 10.5 Å². The van der Waals surface area contributed by atoms with Crippen LogP contribution in [0.4, 0.5) is 17.1 Å². The molecule has 2 aromatic rings. The normalized spacial score (nSPS) is 12.9. The highest BCUT2D eigenvalue weighted by Crippen LogP contribution is 2.35. The molecule has 132 valence electrons. The molecule has 0 saturated heterocycles. The molecule has 1 aliphatic rings. The summed E-state index contributed by atoms with van der Waals surface area (Å²) in [6.45, 7) is 1.56. The third-order valence-electron chi connectivity index (χ3n) is 3.86. The predicted molar refractivity (Wildman–Crippen MR) is 91.0 cm³/mol. The monoisotopic (exact) mass is 355 g/mol. The molecule has 26 heavy (non-hydrogen) atoms. The van der Waals surface area contributed by atoms with Crippen molar-refractivity contribution in [3.8, 4) is 0 Å². The van der Waals surface area contributed by atoms with E-state index in [0.29, 0.717) is 0 Å². The van der Waals surface area contributed by atoms with E-state index in [0.717, 1.165) is 11.0 Å². The van der Waals surface area contributed by atoms with Gasteiger partial charge in [-0.25, -0.2) is 9.69 Å². The second-order valence-electron chi connectivity index (χ2n) is 5.40. The first-order chi connectivity index (χ1) is 12.4. The van der Waals surface area contributed by atoms with Gasteiger partial charge in [0.15, 0.2) is 5.56 Å². The molecule has 0 spiro atoms. The van der Waals surface area contributed by atoms with Crippen molar-refractivity contribution >= 4 is 34.8 Å². The SMILES string of the molecule is CCOC(=O)c1c(N)cc(N2C(=O)c3ccccc3C2=O)cc1[N+](=O)[O-]. The number of nitrogens with two attached hydrogens (primary N) is 1. The first-order valence-corrected chi connectivity index (χ1v) is 7.59. The molecular weight excluding hydrogens is 342 g/mol. The molecular formula is C17H13N3O6. The van der Waals surface area contributed by atoms with Gasteiger partial charge in [0.25, 0.3) is 17.5 Å². The van der Waals surface area contributed by atoms with E-state index >= 15 is 0 Å². The number of hydrogen-bond donors (Lipinski definition) is 1. The van der Waals surface area contributed by atoms with Crippen molar-refractivity contribution in [3.63, 3.8) is 0 Å². The number of amides is 2. The van der Waals surface area contributed by atoms with Crippen LogP contribution in [0.15, 0.2) is 36.4 Å². The molecule has 1 heterocycles. The Morgan fingerprint density at radius 3 is 2.27 bits per heavy atom. The van der Waals surface area contributed by atoms with Crippen molar-refractivity contribution in [3.05, 3.63) is 63.2 Å². The Bertz CT molecular complexity index is 934. The number of benzene rings is 2. The zero-order chi connectivity index (χ0) is 19.0. The summed E-state index contributed by atoms with van der Waals surface area (Å²) in [5.74, 6) is -2.20. The Labute approximate surface area is 147 Å². The molecule has 2 amide bonds. The molecule has 9 nitrogen and oxygen atoms in total. The Morgan fingerprint density at radius 2 is 1.77 bits per heavy atom. The standard InChI is InChI=1S/C17H13N3O6/c1-2-26-17(23)14-12(18)7-9(8-13(14)20(24)25)19-15(21)10-5-3-4-6-11(10)16(19)22/h3-8H,2,18H2,1H3. The Kier molecular flexibility index (Phi) is 4.13. The molecule has 0 atom stereocenters. The molecule has 9 heteroatoms. The number of anilines is 2. The fourth-order valence-corrected chi connectivity index (χ4v) is 2.76. The summed E-state index contributed by atoms with van der Waals surface area (Å²) >= 11 is 0. The van der Waals surface area contributed by atoms with Crippen molar-refractivity contribution in [2.75, 3.05) is 17.2 Å². The highest BCUT2D eigenvalue weighted by Gasteiger charge is 2.38. The number of nitrogens with zero attached hydrogens (tertiary/aromatic N) is 2. The van der Waals surface area contributed by atoms with Gasteiger partial charge >= 0.3 is 5.97 Å². The maximum atomic E-state index is 12.5. The first kappa shape index (κ1) is 17.1. The second kappa shape index (κ2) is 6.28. The third-order valence-corrected chi connectivity index (χ3v) is 3.86. The lowest BCUT2D eigenvalue weighted by atomic mass is 10.1. The van der Waals surface area contributed by atoms with E-state index in [1.807, 2.05) is 0 Å². The minimum atomic E-state index is -0.953. The molecule has 2 aromatic carbocycles. The number of imide groups is 1. The van der Waals surface area contributed by atoms with Crippen LogP contribution in [0.3, 0.4) is 0 Å². The molecule has 0 aliphatic carbocycles. The fourth-order valence-electron chi connectivity index (χ4n) is 2.76. The number of carbonyl (C=O) groups excluding carboxylic acids is 3. The zero-order valence-electron chi connectivity index (χ0n) is 13.6. The van der Waals surface area contributed by atoms with Crippen LogP contribution < -0.4 is 10.6 Å². The van der Waals surface area contributed by atoms with Crippen LogP contribution in [-0.2, 0) is 4.74 Å². The largest absolute Gasteiger partial charge is 0.462 e. The van der Waals surface area contributed by atoms with Crippen molar-refractivity contribution in [2.45, 2.75) is 6.92 Å². The smallest absolute Gasteiger partial charge is 0.347 e. The summed E-state index contributed by atoms with van der Waals surface area (Å²) in [4.78, 5) is 48.4. The van der Waals surface area contributed by atoms with Gasteiger partial charge in [0.2, 0.25) is 0 Å². The molecule has 2 N–H and O–H groups in total. The van der Waals surface area contributed by atoms with Gasteiger partial charge in [-0.1, -0.05) is 12.1 Å². The van der Waals surface area contributed by atoms with Crippen LogP contribution in [0.2, 0.25) is 0 Å². The number of nitrogen functional groups attached to an aromatic ring is 1. The highest BCUT2D eigenvalue weighted by atomic mass is 16.6. The quantitative estimate of drug-likeness (QED) is 0.292. The van der Waals surface area contributed by atoms with E-state index in [9.17, 15) is 24.5 Å². The van der Waals surface area contributed by atoms with Crippen molar-refractivity contribution in [1.82, 2.24) is 0 Å². The minimum Gasteiger partial charge on any atom is -0.462 e. The van der Waals surface area contributed by atoms with E-state index < -0.39 is 34.0 Å². The molecule has 0 fully saturated rings. The summed E-state index contributed by atoms with van der Waals surface area (Å²) in [5, 5.41) is 11.4. The molecule has 0 bridgehead atoms.